The molecule has 0 heterocycles. The lowest BCUT2D eigenvalue weighted by Crippen LogP contribution is -2.24. The first-order valence-corrected chi connectivity index (χ1v) is 7.68. The summed E-state index contributed by atoms with van der Waals surface area (Å²) < 4.78 is 0. The van der Waals surface area contributed by atoms with Crippen molar-refractivity contribution in [2.24, 2.45) is 0 Å². The van der Waals surface area contributed by atoms with Crippen molar-refractivity contribution in [1.82, 2.24) is 5.32 Å². The Morgan fingerprint density at radius 1 is 1.39 bits per heavy atom. The molecule has 0 saturated carbocycles. The summed E-state index contributed by atoms with van der Waals surface area (Å²) in [5, 5.41) is 12.8. The van der Waals surface area contributed by atoms with E-state index < -0.39 is 0 Å². The highest BCUT2D eigenvalue weighted by molar-refractivity contribution is 7.98. The number of phenolic OH excluding ortho intramolecular Hbond substituents is 1. The van der Waals surface area contributed by atoms with Gasteiger partial charge in [0.2, 0.25) is 0 Å². The second kappa shape index (κ2) is 8.27. The van der Waals surface area contributed by atoms with Gasteiger partial charge in [-0.15, -0.1) is 0 Å². The highest BCUT2D eigenvalue weighted by Gasteiger charge is 2.10. The first-order valence-electron chi connectivity index (χ1n) is 5.91. The van der Waals surface area contributed by atoms with Crippen LogP contribution in [-0.2, 0) is 0 Å². The Morgan fingerprint density at radius 2 is 2.17 bits per heavy atom. The number of carbonyl (C=O) groups is 1. The van der Waals surface area contributed by atoms with E-state index in [0.717, 1.165) is 18.6 Å². The van der Waals surface area contributed by atoms with Crippen LogP contribution >= 0.6 is 23.4 Å². The van der Waals surface area contributed by atoms with Crippen molar-refractivity contribution in [2.75, 3.05) is 18.6 Å². The molecule has 0 radical (unpaired) electrons. The van der Waals surface area contributed by atoms with Gasteiger partial charge >= 0.3 is 0 Å². The van der Waals surface area contributed by atoms with E-state index in [1.807, 2.05) is 11.8 Å². The van der Waals surface area contributed by atoms with Crippen LogP contribution in [0.5, 0.6) is 5.75 Å². The van der Waals surface area contributed by atoms with Gasteiger partial charge < -0.3 is 10.4 Å². The second-order valence-corrected chi connectivity index (χ2v) is 5.39. The summed E-state index contributed by atoms with van der Waals surface area (Å²) in [6.07, 6.45) is 5.30. The molecule has 0 unspecified atom stereocenters. The van der Waals surface area contributed by atoms with Crippen LogP contribution in [0.3, 0.4) is 0 Å². The fourth-order valence-electron chi connectivity index (χ4n) is 1.54. The van der Waals surface area contributed by atoms with E-state index in [1.165, 1.54) is 18.6 Å². The van der Waals surface area contributed by atoms with Gasteiger partial charge in [-0.3, -0.25) is 4.79 Å². The van der Waals surface area contributed by atoms with Crippen molar-refractivity contribution in [1.29, 1.82) is 0 Å². The molecule has 0 fully saturated rings. The van der Waals surface area contributed by atoms with Crippen LogP contribution < -0.4 is 5.32 Å². The molecule has 0 aliphatic carbocycles. The second-order valence-electron chi connectivity index (χ2n) is 3.97. The summed E-state index contributed by atoms with van der Waals surface area (Å²) in [5.74, 6) is 0.836. The third-order valence-corrected chi connectivity index (χ3v) is 3.45. The number of hydrogen-bond acceptors (Lipinski definition) is 3. The smallest absolute Gasteiger partial charge is 0.255 e. The van der Waals surface area contributed by atoms with Gasteiger partial charge in [-0.25, -0.2) is 0 Å². The fraction of sp³-hybridized carbons (Fsp3) is 0.462. The predicted octanol–water partition coefficient (Wildman–Crippen LogP) is 3.31. The highest BCUT2D eigenvalue weighted by Crippen LogP contribution is 2.21. The van der Waals surface area contributed by atoms with E-state index in [2.05, 4.69) is 11.6 Å². The molecule has 3 nitrogen and oxygen atoms in total. The number of nitrogens with one attached hydrogen (secondary N) is 1. The number of thioether (sulfide) groups is 1. The minimum absolute atomic E-state index is 0.0423. The lowest BCUT2D eigenvalue weighted by atomic mass is 10.2. The first-order chi connectivity index (χ1) is 8.65. The molecule has 1 amide bonds. The lowest BCUT2D eigenvalue weighted by molar-refractivity contribution is 0.0950. The third-order valence-electron chi connectivity index (χ3n) is 2.51. The summed E-state index contributed by atoms with van der Waals surface area (Å²) in [6, 6.07) is 4.45. The maximum absolute atomic E-state index is 11.8. The van der Waals surface area contributed by atoms with Crippen molar-refractivity contribution in [3.63, 3.8) is 0 Å². The SMILES string of the molecule is CSCCCCCNC(=O)c1cc(Cl)ccc1O. The van der Waals surface area contributed by atoms with Gasteiger partial charge in [0.15, 0.2) is 0 Å². The number of phenols is 1. The average Bonchev–Trinajstić information content (AvgIpc) is 2.36. The number of amides is 1. The zero-order valence-corrected chi connectivity index (χ0v) is 12.0. The van der Waals surface area contributed by atoms with Crippen molar-refractivity contribution in [3.8, 4) is 5.75 Å². The van der Waals surface area contributed by atoms with Crippen molar-refractivity contribution < 1.29 is 9.90 Å². The van der Waals surface area contributed by atoms with Gasteiger partial charge in [-0.1, -0.05) is 18.0 Å². The number of benzene rings is 1. The number of unbranched alkanes of at least 4 members (excludes halogenated alkanes) is 2. The Kier molecular flexibility index (Phi) is 6.98. The molecule has 0 aromatic heterocycles. The maximum atomic E-state index is 11.8. The van der Waals surface area contributed by atoms with Gasteiger partial charge in [0.05, 0.1) is 5.56 Å². The standard InChI is InChI=1S/C13H18ClNO2S/c1-18-8-4-2-3-7-15-13(17)11-9-10(14)5-6-12(11)16/h5-6,9,16H,2-4,7-8H2,1H3,(H,15,17). The molecule has 0 aliphatic heterocycles. The zero-order chi connectivity index (χ0) is 13.4. The molecule has 1 aromatic carbocycles. The maximum Gasteiger partial charge on any atom is 0.255 e. The Balaban J connectivity index is 2.34. The molecule has 5 heteroatoms. The molecule has 0 aliphatic rings. The highest BCUT2D eigenvalue weighted by atomic mass is 35.5. The van der Waals surface area contributed by atoms with E-state index in [9.17, 15) is 9.90 Å². The van der Waals surface area contributed by atoms with E-state index in [-0.39, 0.29) is 17.2 Å². The molecule has 0 atom stereocenters. The van der Waals surface area contributed by atoms with Crippen molar-refractivity contribution >= 4 is 29.3 Å². The Labute approximate surface area is 117 Å². The third kappa shape index (κ3) is 5.19. The summed E-state index contributed by atoms with van der Waals surface area (Å²) in [6.45, 7) is 0.624. The van der Waals surface area contributed by atoms with Crippen LogP contribution in [0.1, 0.15) is 29.6 Å². The number of carbonyl (C=O) groups excluding carboxylic acids is 1. The summed E-state index contributed by atoms with van der Waals surface area (Å²) in [5.41, 5.74) is 0.228. The molecular formula is C13H18ClNO2S. The van der Waals surface area contributed by atoms with E-state index in [1.54, 1.807) is 6.07 Å². The van der Waals surface area contributed by atoms with Crippen molar-refractivity contribution in [2.45, 2.75) is 19.3 Å². The average molecular weight is 288 g/mol. The van der Waals surface area contributed by atoms with Gasteiger partial charge in [0.1, 0.15) is 5.75 Å². The van der Waals surface area contributed by atoms with Crippen LogP contribution in [0, 0.1) is 0 Å². The van der Waals surface area contributed by atoms with Gasteiger partial charge in [0.25, 0.3) is 5.91 Å². The summed E-state index contributed by atoms with van der Waals surface area (Å²) >= 11 is 7.62. The molecule has 1 rings (SSSR count). The predicted molar refractivity (Wildman–Crippen MR) is 77.7 cm³/mol. The topological polar surface area (TPSA) is 49.3 Å². The van der Waals surface area contributed by atoms with Crippen LogP contribution in [0.25, 0.3) is 0 Å². The largest absolute Gasteiger partial charge is 0.507 e. The number of hydrogen-bond donors (Lipinski definition) is 2. The van der Waals surface area contributed by atoms with Crippen LogP contribution in [-0.4, -0.2) is 29.6 Å². The molecular weight excluding hydrogens is 270 g/mol. The van der Waals surface area contributed by atoms with Gasteiger partial charge in [-0.05, 0) is 43.0 Å². The first kappa shape index (κ1) is 15.2. The minimum Gasteiger partial charge on any atom is -0.507 e. The van der Waals surface area contributed by atoms with E-state index in [0.29, 0.717) is 11.6 Å². The number of rotatable bonds is 7. The van der Waals surface area contributed by atoms with E-state index >= 15 is 0 Å². The molecule has 1 aromatic rings. The van der Waals surface area contributed by atoms with Gasteiger partial charge in [-0.2, -0.15) is 11.8 Å². The molecule has 0 spiro atoms. The molecule has 2 N–H and O–H groups in total. The molecule has 100 valence electrons. The number of halogens is 1. The Morgan fingerprint density at radius 3 is 2.89 bits per heavy atom. The quantitative estimate of drug-likeness (QED) is 0.757. The fourth-order valence-corrected chi connectivity index (χ4v) is 2.20. The Bertz CT molecular complexity index is 399. The Hall–Kier alpha value is -0.870. The van der Waals surface area contributed by atoms with Crippen molar-refractivity contribution in [3.05, 3.63) is 28.8 Å². The normalized spacial score (nSPS) is 10.3. The molecule has 18 heavy (non-hydrogen) atoms. The summed E-state index contributed by atoms with van der Waals surface area (Å²) in [4.78, 5) is 11.8. The molecule has 0 saturated heterocycles. The zero-order valence-electron chi connectivity index (χ0n) is 10.4. The minimum atomic E-state index is -0.278. The number of aromatic hydroxyl groups is 1. The van der Waals surface area contributed by atoms with Crippen LogP contribution in [0.2, 0.25) is 5.02 Å². The van der Waals surface area contributed by atoms with Crippen LogP contribution in [0.4, 0.5) is 0 Å². The van der Waals surface area contributed by atoms with E-state index in [4.69, 9.17) is 11.6 Å². The lowest BCUT2D eigenvalue weighted by Gasteiger charge is -2.07. The van der Waals surface area contributed by atoms with Crippen LogP contribution in [0.15, 0.2) is 18.2 Å². The molecule has 0 bridgehead atoms. The summed E-state index contributed by atoms with van der Waals surface area (Å²) in [7, 11) is 0. The van der Waals surface area contributed by atoms with Gasteiger partial charge in [0, 0.05) is 11.6 Å². The monoisotopic (exact) mass is 287 g/mol.